The highest BCUT2D eigenvalue weighted by Gasteiger charge is 2.48. The predicted molar refractivity (Wildman–Crippen MR) is 70.7 cm³/mol. The molecule has 20 heavy (non-hydrogen) atoms. The van der Waals surface area contributed by atoms with Crippen molar-refractivity contribution in [3.05, 3.63) is 24.3 Å². The molecular formula is C14H17NO5. The maximum Gasteiger partial charge on any atom is 0.307 e. The fraction of sp³-hybridized carbons (Fsp3) is 0.429. The molecule has 2 unspecified atom stereocenters. The van der Waals surface area contributed by atoms with Crippen LogP contribution in [0.25, 0.3) is 0 Å². The number of carbonyl (C=O) groups is 2. The van der Waals surface area contributed by atoms with Gasteiger partial charge in [-0.1, -0.05) is 0 Å². The number of carboxylic acids is 1. The summed E-state index contributed by atoms with van der Waals surface area (Å²) < 4.78 is 10.5. The minimum atomic E-state index is -0.903. The number of rotatable bonds is 7. The Kier molecular flexibility index (Phi) is 4.45. The Morgan fingerprint density at radius 1 is 1.25 bits per heavy atom. The van der Waals surface area contributed by atoms with Gasteiger partial charge in [-0.3, -0.25) is 9.59 Å². The lowest BCUT2D eigenvalue weighted by Crippen LogP contribution is -2.30. The van der Waals surface area contributed by atoms with Crippen molar-refractivity contribution in [2.24, 2.45) is 11.8 Å². The Balaban J connectivity index is 1.64. The third-order valence-electron chi connectivity index (χ3n) is 3.17. The van der Waals surface area contributed by atoms with Crippen LogP contribution in [-0.4, -0.2) is 37.2 Å². The van der Waals surface area contributed by atoms with Crippen LogP contribution in [0.15, 0.2) is 24.3 Å². The molecule has 0 bridgehead atoms. The molecule has 2 N–H and O–H groups in total. The van der Waals surface area contributed by atoms with Crippen LogP contribution in [0, 0.1) is 11.8 Å². The first-order valence-electron chi connectivity index (χ1n) is 6.39. The van der Waals surface area contributed by atoms with E-state index in [4.69, 9.17) is 14.6 Å². The molecule has 1 aliphatic carbocycles. The van der Waals surface area contributed by atoms with Crippen molar-refractivity contribution in [1.82, 2.24) is 5.32 Å². The molecule has 1 amide bonds. The average Bonchev–Trinajstić information content (AvgIpc) is 3.24. The number of methoxy groups -OCH3 is 1. The number of carboxylic acid groups (broad SMARTS) is 1. The molecule has 0 aliphatic heterocycles. The van der Waals surface area contributed by atoms with E-state index in [0.717, 1.165) is 5.75 Å². The fourth-order valence-electron chi connectivity index (χ4n) is 1.90. The van der Waals surface area contributed by atoms with Crippen LogP contribution >= 0.6 is 0 Å². The lowest BCUT2D eigenvalue weighted by Gasteiger charge is -2.08. The van der Waals surface area contributed by atoms with Crippen molar-refractivity contribution in [1.29, 1.82) is 0 Å². The number of benzene rings is 1. The number of hydrogen-bond donors (Lipinski definition) is 2. The van der Waals surface area contributed by atoms with Crippen molar-refractivity contribution in [3.63, 3.8) is 0 Å². The van der Waals surface area contributed by atoms with Gasteiger partial charge in [0, 0.05) is 0 Å². The number of carbonyl (C=O) groups excluding carboxylic acids is 1. The van der Waals surface area contributed by atoms with Crippen LogP contribution in [0.3, 0.4) is 0 Å². The summed E-state index contributed by atoms with van der Waals surface area (Å²) in [4.78, 5) is 22.2. The zero-order chi connectivity index (χ0) is 14.5. The Bertz CT molecular complexity index is 485. The summed E-state index contributed by atoms with van der Waals surface area (Å²) in [5.41, 5.74) is 0. The number of ether oxygens (including phenoxy) is 2. The molecule has 0 radical (unpaired) electrons. The van der Waals surface area contributed by atoms with Crippen molar-refractivity contribution in [2.45, 2.75) is 6.42 Å². The van der Waals surface area contributed by atoms with Crippen LogP contribution in [0.5, 0.6) is 11.5 Å². The molecule has 108 valence electrons. The smallest absolute Gasteiger partial charge is 0.307 e. The Morgan fingerprint density at radius 3 is 2.45 bits per heavy atom. The zero-order valence-electron chi connectivity index (χ0n) is 11.2. The van der Waals surface area contributed by atoms with Crippen molar-refractivity contribution in [3.8, 4) is 11.5 Å². The summed E-state index contributed by atoms with van der Waals surface area (Å²) in [5.74, 6) is -0.574. The summed E-state index contributed by atoms with van der Waals surface area (Å²) in [7, 11) is 1.59. The first-order valence-corrected chi connectivity index (χ1v) is 6.39. The Morgan fingerprint density at radius 2 is 1.90 bits per heavy atom. The summed E-state index contributed by atoms with van der Waals surface area (Å²) in [5, 5.41) is 11.4. The second-order valence-electron chi connectivity index (χ2n) is 4.60. The van der Waals surface area contributed by atoms with Gasteiger partial charge in [0.05, 0.1) is 25.5 Å². The van der Waals surface area contributed by atoms with E-state index in [2.05, 4.69) is 5.32 Å². The quantitative estimate of drug-likeness (QED) is 0.725. The first kappa shape index (κ1) is 14.2. The molecule has 1 aromatic rings. The summed E-state index contributed by atoms with van der Waals surface area (Å²) in [6, 6.07) is 7.13. The highest BCUT2D eigenvalue weighted by molar-refractivity contribution is 5.89. The summed E-state index contributed by atoms with van der Waals surface area (Å²) in [6.45, 7) is 0.691. The van der Waals surface area contributed by atoms with Crippen LogP contribution < -0.4 is 14.8 Å². The molecule has 6 heteroatoms. The van der Waals surface area contributed by atoms with Gasteiger partial charge in [0.25, 0.3) is 0 Å². The molecule has 0 saturated heterocycles. The van der Waals surface area contributed by atoms with E-state index >= 15 is 0 Å². The molecule has 1 saturated carbocycles. The van der Waals surface area contributed by atoms with E-state index in [0.29, 0.717) is 25.3 Å². The van der Waals surface area contributed by atoms with Gasteiger partial charge in [-0.2, -0.15) is 0 Å². The maximum atomic E-state index is 11.6. The van der Waals surface area contributed by atoms with Gasteiger partial charge in [-0.05, 0) is 30.7 Å². The Labute approximate surface area is 116 Å². The van der Waals surface area contributed by atoms with E-state index in [1.165, 1.54) is 0 Å². The highest BCUT2D eigenvalue weighted by atomic mass is 16.5. The van der Waals surface area contributed by atoms with Crippen LogP contribution in [-0.2, 0) is 9.59 Å². The summed E-state index contributed by atoms with van der Waals surface area (Å²) >= 11 is 0. The van der Waals surface area contributed by atoms with Crippen molar-refractivity contribution >= 4 is 11.9 Å². The van der Waals surface area contributed by atoms with Gasteiger partial charge in [0.15, 0.2) is 0 Å². The van der Waals surface area contributed by atoms with Crippen LogP contribution in [0.2, 0.25) is 0 Å². The van der Waals surface area contributed by atoms with Gasteiger partial charge in [-0.25, -0.2) is 0 Å². The van der Waals surface area contributed by atoms with Crippen LogP contribution in [0.4, 0.5) is 0 Å². The third-order valence-corrected chi connectivity index (χ3v) is 3.17. The first-order chi connectivity index (χ1) is 9.61. The van der Waals surface area contributed by atoms with Gasteiger partial charge in [-0.15, -0.1) is 0 Å². The predicted octanol–water partition coefficient (Wildman–Crippen LogP) is 0.911. The molecule has 2 atom stereocenters. The average molecular weight is 279 g/mol. The lowest BCUT2D eigenvalue weighted by atomic mass is 10.3. The third kappa shape index (κ3) is 3.63. The minimum Gasteiger partial charge on any atom is -0.497 e. The van der Waals surface area contributed by atoms with Gasteiger partial charge in [0.1, 0.15) is 18.1 Å². The molecular weight excluding hydrogens is 262 g/mol. The van der Waals surface area contributed by atoms with E-state index in [1.807, 2.05) is 0 Å². The van der Waals surface area contributed by atoms with Gasteiger partial charge < -0.3 is 19.9 Å². The molecule has 0 aromatic heterocycles. The monoisotopic (exact) mass is 279 g/mol. The van der Waals surface area contributed by atoms with Crippen molar-refractivity contribution in [2.75, 3.05) is 20.3 Å². The molecule has 6 nitrogen and oxygen atoms in total. The molecule has 2 rings (SSSR count). The van der Waals surface area contributed by atoms with Gasteiger partial charge >= 0.3 is 5.97 Å². The topological polar surface area (TPSA) is 84.9 Å². The highest BCUT2D eigenvalue weighted by Crippen LogP contribution is 2.38. The maximum absolute atomic E-state index is 11.6. The van der Waals surface area contributed by atoms with Gasteiger partial charge in [0.2, 0.25) is 5.91 Å². The minimum absolute atomic E-state index is 0.212. The van der Waals surface area contributed by atoms with Crippen molar-refractivity contribution < 1.29 is 24.2 Å². The largest absolute Gasteiger partial charge is 0.497 e. The lowest BCUT2D eigenvalue weighted by molar-refractivity contribution is -0.140. The number of aliphatic carboxylic acids is 1. The summed E-state index contributed by atoms with van der Waals surface area (Å²) in [6.07, 6.45) is 0.431. The second-order valence-corrected chi connectivity index (χ2v) is 4.60. The Hall–Kier alpha value is -2.24. The van der Waals surface area contributed by atoms with E-state index in [1.54, 1.807) is 31.4 Å². The molecule has 1 fully saturated rings. The standard InChI is InChI=1S/C14H17NO5/c1-19-9-2-4-10(5-3-9)20-7-6-15-13(16)11-8-12(11)14(17)18/h2-5,11-12H,6-8H2,1H3,(H,15,16)(H,17,18). The van der Waals surface area contributed by atoms with E-state index < -0.39 is 11.9 Å². The van der Waals surface area contributed by atoms with E-state index in [9.17, 15) is 9.59 Å². The number of nitrogens with one attached hydrogen (secondary N) is 1. The molecule has 1 aliphatic rings. The second kappa shape index (κ2) is 6.27. The number of hydrogen-bond acceptors (Lipinski definition) is 4. The zero-order valence-corrected chi connectivity index (χ0v) is 11.2. The molecule has 0 heterocycles. The van der Waals surface area contributed by atoms with E-state index in [-0.39, 0.29) is 11.8 Å². The SMILES string of the molecule is COc1ccc(OCCNC(=O)C2CC2C(=O)O)cc1. The molecule has 1 aromatic carbocycles. The fourth-order valence-corrected chi connectivity index (χ4v) is 1.90. The number of amides is 1. The molecule has 0 spiro atoms. The normalized spacial score (nSPS) is 20.1. The van der Waals surface area contributed by atoms with Crippen LogP contribution in [0.1, 0.15) is 6.42 Å².